The molecule has 0 saturated carbocycles. The fourth-order valence-corrected chi connectivity index (χ4v) is 2.34. The first kappa shape index (κ1) is 17.6. The summed E-state index contributed by atoms with van der Waals surface area (Å²) in [4.78, 5) is 8.88. The summed E-state index contributed by atoms with van der Waals surface area (Å²) in [5.41, 5.74) is 3.09. The molecule has 0 saturated heterocycles. The molecule has 7 nitrogen and oxygen atoms in total. The van der Waals surface area contributed by atoms with Crippen LogP contribution in [-0.4, -0.2) is 36.4 Å². The van der Waals surface area contributed by atoms with Crippen molar-refractivity contribution >= 4 is 21.5 Å². The van der Waals surface area contributed by atoms with E-state index in [9.17, 15) is 8.42 Å². The number of aromatic nitrogens is 2. The van der Waals surface area contributed by atoms with Crippen LogP contribution in [0.2, 0.25) is 0 Å². The van der Waals surface area contributed by atoms with E-state index in [0.29, 0.717) is 24.0 Å². The van der Waals surface area contributed by atoms with Crippen molar-refractivity contribution in [3.8, 4) is 0 Å². The van der Waals surface area contributed by atoms with Crippen molar-refractivity contribution in [2.45, 2.75) is 40.0 Å². The third-order valence-electron chi connectivity index (χ3n) is 3.10. The maximum atomic E-state index is 11.5. The van der Waals surface area contributed by atoms with Crippen LogP contribution in [0, 0.1) is 6.92 Å². The van der Waals surface area contributed by atoms with Crippen LogP contribution in [-0.2, 0) is 15.3 Å². The highest BCUT2D eigenvalue weighted by molar-refractivity contribution is 7.91. The van der Waals surface area contributed by atoms with Crippen LogP contribution in [0.4, 0.5) is 11.6 Å². The molecular formula is C13H25N5O2S. The summed E-state index contributed by atoms with van der Waals surface area (Å²) in [6, 6.07) is 0. The first-order chi connectivity index (χ1) is 9.60. The molecule has 1 aromatic rings. The van der Waals surface area contributed by atoms with E-state index in [2.05, 4.69) is 20.7 Å². The van der Waals surface area contributed by atoms with Gasteiger partial charge in [0.25, 0.3) is 0 Å². The number of hydrogen-bond acceptors (Lipinski definition) is 7. The van der Waals surface area contributed by atoms with Gasteiger partial charge in [-0.25, -0.2) is 24.2 Å². The zero-order valence-electron chi connectivity index (χ0n) is 13.3. The Morgan fingerprint density at radius 3 is 2.24 bits per heavy atom. The maximum absolute atomic E-state index is 11.5. The zero-order chi connectivity index (χ0) is 16.3. The minimum Gasteiger partial charge on any atom is -0.369 e. The fourth-order valence-electron chi connectivity index (χ4n) is 1.63. The molecule has 0 bridgehead atoms. The van der Waals surface area contributed by atoms with Gasteiger partial charge in [0, 0.05) is 23.3 Å². The molecule has 8 heteroatoms. The second-order valence-electron chi connectivity index (χ2n) is 5.93. The van der Waals surface area contributed by atoms with Gasteiger partial charge in [-0.1, -0.05) is 27.7 Å². The first-order valence-electron chi connectivity index (χ1n) is 6.90. The van der Waals surface area contributed by atoms with Gasteiger partial charge in [-0.15, -0.1) is 0 Å². The van der Waals surface area contributed by atoms with Crippen LogP contribution in [0.5, 0.6) is 0 Å². The topological polar surface area (TPSA) is 110 Å². The molecule has 1 aromatic heterocycles. The molecule has 0 spiro atoms. The summed E-state index contributed by atoms with van der Waals surface area (Å²) in [6.45, 7) is 9.79. The molecule has 0 amide bonds. The summed E-state index contributed by atoms with van der Waals surface area (Å²) in [6.07, 6.45) is 0. The van der Waals surface area contributed by atoms with Gasteiger partial charge in [0.15, 0.2) is 9.84 Å². The summed E-state index contributed by atoms with van der Waals surface area (Å²) in [5.74, 6) is 7.48. The number of hydrogen-bond donors (Lipinski definition) is 3. The van der Waals surface area contributed by atoms with Gasteiger partial charge in [-0.2, -0.15) is 0 Å². The van der Waals surface area contributed by atoms with Crippen LogP contribution < -0.4 is 16.6 Å². The van der Waals surface area contributed by atoms with E-state index in [4.69, 9.17) is 5.84 Å². The Labute approximate surface area is 126 Å². The van der Waals surface area contributed by atoms with Crippen molar-refractivity contribution in [3.05, 3.63) is 11.4 Å². The predicted molar refractivity (Wildman–Crippen MR) is 86.1 cm³/mol. The second kappa shape index (κ2) is 6.57. The lowest BCUT2D eigenvalue weighted by Gasteiger charge is -2.20. The molecule has 0 aliphatic heterocycles. The highest BCUT2D eigenvalue weighted by Gasteiger charge is 2.21. The molecule has 0 aliphatic carbocycles. The average molecular weight is 315 g/mol. The number of anilines is 2. The van der Waals surface area contributed by atoms with Crippen LogP contribution in [0.1, 0.15) is 39.1 Å². The number of rotatable bonds is 6. The Balaban J connectivity index is 3.01. The SMILES string of the molecule is CCS(=O)(=O)CCNc1nc(C(C)(C)C)nc(NN)c1C. The Morgan fingerprint density at radius 1 is 1.19 bits per heavy atom. The second-order valence-corrected chi connectivity index (χ2v) is 8.40. The molecule has 0 unspecified atom stereocenters. The number of nitrogens with two attached hydrogens (primary N) is 1. The third kappa shape index (κ3) is 4.82. The largest absolute Gasteiger partial charge is 0.369 e. The van der Waals surface area contributed by atoms with Gasteiger partial charge in [0.05, 0.1) is 5.75 Å². The zero-order valence-corrected chi connectivity index (χ0v) is 14.1. The smallest absolute Gasteiger partial charge is 0.151 e. The predicted octanol–water partition coefficient (Wildman–Crippen LogP) is 1.21. The standard InChI is InChI=1S/C13H25N5O2S/c1-6-21(19,20)8-7-15-10-9(2)11(18-14)17-12(16-10)13(3,4)5/h6-8,14H2,1-5H3,(H2,15,16,17,18). The van der Waals surface area contributed by atoms with E-state index in [1.807, 2.05) is 27.7 Å². The fraction of sp³-hybridized carbons (Fsp3) is 0.692. The molecule has 21 heavy (non-hydrogen) atoms. The first-order valence-corrected chi connectivity index (χ1v) is 8.73. The van der Waals surface area contributed by atoms with Crippen molar-refractivity contribution in [2.75, 3.05) is 28.8 Å². The maximum Gasteiger partial charge on any atom is 0.151 e. The highest BCUT2D eigenvalue weighted by atomic mass is 32.2. The Kier molecular flexibility index (Phi) is 5.52. The highest BCUT2D eigenvalue weighted by Crippen LogP contribution is 2.25. The molecule has 120 valence electrons. The molecule has 1 heterocycles. The van der Waals surface area contributed by atoms with E-state index < -0.39 is 9.84 Å². The lowest BCUT2D eigenvalue weighted by Crippen LogP contribution is -2.23. The van der Waals surface area contributed by atoms with Gasteiger partial charge in [-0.05, 0) is 6.92 Å². The Bertz CT molecular complexity index is 593. The molecule has 1 rings (SSSR count). The summed E-state index contributed by atoms with van der Waals surface area (Å²) in [5, 5.41) is 3.06. The summed E-state index contributed by atoms with van der Waals surface area (Å²) < 4.78 is 23.0. The molecule has 0 fully saturated rings. The lowest BCUT2D eigenvalue weighted by atomic mass is 9.95. The van der Waals surface area contributed by atoms with Gasteiger partial charge >= 0.3 is 0 Å². The number of nitrogens with one attached hydrogen (secondary N) is 2. The molecule has 0 radical (unpaired) electrons. The minimum atomic E-state index is -3.00. The quantitative estimate of drug-likeness (QED) is 0.534. The Hall–Kier alpha value is -1.41. The number of nitrogen functional groups attached to an aromatic ring is 1. The van der Waals surface area contributed by atoms with Gasteiger partial charge < -0.3 is 10.7 Å². The van der Waals surface area contributed by atoms with E-state index in [0.717, 1.165) is 5.56 Å². The number of sulfone groups is 1. The molecule has 4 N–H and O–H groups in total. The summed E-state index contributed by atoms with van der Waals surface area (Å²) in [7, 11) is -3.00. The molecule has 0 aliphatic rings. The lowest BCUT2D eigenvalue weighted by molar-refractivity contribution is 0.546. The van der Waals surface area contributed by atoms with Gasteiger partial charge in [0.2, 0.25) is 0 Å². The normalized spacial score (nSPS) is 12.3. The summed E-state index contributed by atoms with van der Waals surface area (Å²) >= 11 is 0. The molecular weight excluding hydrogens is 290 g/mol. The van der Waals surface area contributed by atoms with Crippen LogP contribution in [0.3, 0.4) is 0 Å². The van der Waals surface area contributed by atoms with Gasteiger partial charge in [0.1, 0.15) is 17.5 Å². The van der Waals surface area contributed by atoms with Crippen molar-refractivity contribution in [1.29, 1.82) is 0 Å². The molecule has 0 aromatic carbocycles. The van der Waals surface area contributed by atoms with Crippen molar-refractivity contribution in [3.63, 3.8) is 0 Å². The van der Waals surface area contributed by atoms with Crippen LogP contribution in [0.25, 0.3) is 0 Å². The van der Waals surface area contributed by atoms with Crippen molar-refractivity contribution in [1.82, 2.24) is 9.97 Å². The van der Waals surface area contributed by atoms with E-state index >= 15 is 0 Å². The van der Waals surface area contributed by atoms with E-state index in [1.165, 1.54) is 0 Å². The van der Waals surface area contributed by atoms with Crippen molar-refractivity contribution in [2.24, 2.45) is 5.84 Å². The van der Waals surface area contributed by atoms with E-state index in [-0.39, 0.29) is 16.9 Å². The third-order valence-corrected chi connectivity index (χ3v) is 4.80. The molecule has 0 atom stereocenters. The number of hydrazine groups is 1. The van der Waals surface area contributed by atoms with Crippen molar-refractivity contribution < 1.29 is 8.42 Å². The minimum absolute atomic E-state index is 0.0726. The van der Waals surface area contributed by atoms with Crippen LogP contribution in [0.15, 0.2) is 0 Å². The van der Waals surface area contributed by atoms with E-state index in [1.54, 1.807) is 6.92 Å². The monoisotopic (exact) mass is 315 g/mol. The number of nitrogens with zero attached hydrogens (tertiary/aromatic N) is 2. The average Bonchev–Trinajstić information content (AvgIpc) is 2.39. The Morgan fingerprint density at radius 2 is 1.76 bits per heavy atom. The van der Waals surface area contributed by atoms with Gasteiger partial charge in [-0.3, -0.25) is 0 Å². The van der Waals surface area contributed by atoms with Crippen LogP contribution >= 0.6 is 0 Å².